The van der Waals surface area contributed by atoms with Gasteiger partial charge in [-0.05, 0) is 26.7 Å². The van der Waals surface area contributed by atoms with Gasteiger partial charge >= 0.3 is 0 Å². The molecule has 0 aromatic carbocycles. The van der Waals surface area contributed by atoms with Crippen LogP contribution in [0.5, 0.6) is 0 Å². The number of nitrogens with zero attached hydrogens (tertiary/aromatic N) is 1. The van der Waals surface area contributed by atoms with Crippen LogP contribution in [-0.2, 0) is 9.53 Å². The maximum absolute atomic E-state index is 11.9. The monoisotopic (exact) mass is 224 g/mol. The lowest BCUT2D eigenvalue weighted by Gasteiger charge is -2.20. The van der Waals surface area contributed by atoms with Crippen molar-refractivity contribution >= 4 is 5.91 Å². The van der Waals surface area contributed by atoms with Gasteiger partial charge in [0.1, 0.15) is 0 Å². The summed E-state index contributed by atoms with van der Waals surface area (Å²) in [6, 6.07) is 2.17. The quantitative estimate of drug-likeness (QED) is 0.786. The van der Waals surface area contributed by atoms with Gasteiger partial charge in [-0.3, -0.25) is 4.79 Å². The zero-order valence-corrected chi connectivity index (χ0v) is 10.2. The summed E-state index contributed by atoms with van der Waals surface area (Å²) in [4.78, 5) is 11.9. The van der Waals surface area contributed by atoms with Crippen molar-refractivity contribution in [2.45, 2.75) is 39.7 Å². The molecule has 1 heterocycles. The molecule has 0 bridgehead atoms. The Balaban J connectivity index is 2.44. The minimum absolute atomic E-state index is 0.0210. The Morgan fingerprint density at radius 2 is 2.31 bits per heavy atom. The fourth-order valence-corrected chi connectivity index (χ4v) is 1.83. The number of carbonyl (C=O) groups is 1. The van der Waals surface area contributed by atoms with Gasteiger partial charge in [0.2, 0.25) is 5.91 Å². The Morgan fingerprint density at radius 1 is 1.62 bits per heavy atom. The third-order valence-electron chi connectivity index (χ3n) is 2.96. The highest BCUT2D eigenvalue weighted by atomic mass is 16.5. The van der Waals surface area contributed by atoms with E-state index in [2.05, 4.69) is 11.4 Å². The van der Waals surface area contributed by atoms with Crippen LogP contribution in [0.2, 0.25) is 0 Å². The molecule has 4 nitrogen and oxygen atoms in total. The second-order valence-corrected chi connectivity index (χ2v) is 4.93. The molecule has 2 unspecified atom stereocenters. The molecular weight excluding hydrogens is 204 g/mol. The molecule has 1 amide bonds. The lowest BCUT2D eigenvalue weighted by molar-refractivity contribution is -0.127. The number of hydrogen-bond donors (Lipinski definition) is 1. The highest BCUT2D eigenvalue weighted by Crippen LogP contribution is 2.23. The van der Waals surface area contributed by atoms with Crippen LogP contribution in [0.4, 0.5) is 0 Å². The van der Waals surface area contributed by atoms with Gasteiger partial charge in [0.25, 0.3) is 0 Å². The molecule has 1 aliphatic heterocycles. The van der Waals surface area contributed by atoms with Crippen LogP contribution in [0.1, 0.15) is 33.6 Å². The summed E-state index contributed by atoms with van der Waals surface area (Å²) in [7, 11) is 0. The molecular formula is C12H20N2O2. The van der Waals surface area contributed by atoms with Gasteiger partial charge in [-0.25, -0.2) is 0 Å². The summed E-state index contributed by atoms with van der Waals surface area (Å²) in [5.41, 5.74) is -0.503. The number of amides is 1. The first-order valence-electron chi connectivity index (χ1n) is 5.80. The van der Waals surface area contributed by atoms with Gasteiger partial charge in [-0.1, -0.05) is 6.92 Å². The maximum atomic E-state index is 11.9. The van der Waals surface area contributed by atoms with E-state index in [1.54, 1.807) is 0 Å². The zero-order valence-electron chi connectivity index (χ0n) is 10.2. The molecule has 0 radical (unpaired) electrons. The normalized spacial score (nSPS) is 25.1. The third-order valence-corrected chi connectivity index (χ3v) is 2.96. The molecule has 1 rings (SSSR count). The van der Waals surface area contributed by atoms with E-state index < -0.39 is 5.41 Å². The smallest absolute Gasteiger partial charge is 0.225 e. The van der Waals surface area contributed by atoms with Crippen molar-refractivity contribution in [3.05, 3.63) is 0 Å². The Hall–Kier alpha value is -1.08. The Labute approximate surface area is 97.0 Å². The summed E-state index contributed by atoms with van der Waals surface area (Å²) >= 11 is 0. The lowest BCUT2D eigenvalue weighted by atomic mass is 9.94. The summed E-state index contributed by atoms with van der Waals surface area (Å²) in [5, 5.41) is 11.7. The van der Waals surface area contributed by atoms with E-state index in [4.69, 9.17) is 10.00 Å². The topological polar surface area (TPSA) is 62.1 Å². The molecule has 0 aromatic rings. The summed E-state index contributed by atoms with van der Waals surface area (Å²) in [6.07, 6.45) is 1.70. The van der Waals surface area contributed by atoms with Crippen molar-refractivity contribution in [2.75, 3.05) is 13.2 Å². The molecule has 0 aliphatic carbocycles. The molecule has 0 spiro atoms. The van der Waals surface area contributed by atoms with Crippen molar-refractivity contribution in [3.63, 3.8) is 0 Å². The van der Waals surface area contributed by atoms with Crippen LogP contribution in [0.25, 0.3) is 0 Å². The van der Waals surface area contributed by atoms with E-state index in [1.165, 1.54) is 0 Å². The summed E-state index contributed by atoms with van der Waals surface area (Å²) in [6.45, 7) is 6.72. The largest absolute Gasteiger partial charge is 0.377 e. The van der Waals surface area contributed by atoms with E-state index in [0.717, 1.165) is 12.8 Å². The first-order chi connectivity index (χ1) is 7.50. The van der Waals surface area contributed by atoms with Crippen molar-refractivity contribution in [2.24, 2.45) is 11.3 Å². The second-order valence-electron chi connectivity index (χ2n) is 4.93. The van der Waals surface area contributed by atoms with Crippen molar-refractivity contribution < 1.29 is 9.53 Å². The number of hydrogen-bond acceptors (Lipinski definition) is 3. The van der Waals surface area contributed by atoms with Crippen molar-refractivity contribution in [1.29, 1.82) is 5.26 Å². The van der Waals surface area contributed by atoms with Crippen LogP contribution in [0.15, 0.2) is 0 Å². The SMILES string of the molecule is CCC1OCCC1C(=O)NCC(C)(C)C#N. The molecule has 4 heteroatoms. The fourth-order valence-electron chi connectivity index (χ4n) is 1.83. The Kier molecular flexibility index (Phi) is 4.31. The predicted octanol–water partition coefficient (Wildman–Crippen LogP) is 1.47. The van der Waals surface area contributed by atoms with Gasteiger partial charge in [0.15, 0.2) is 0 Å². The number of carbonyl (C=O) groups excluding carboxylic acids is 1. The van der Waals surface area contributed by atoms with E-state index in [1.807, 2.05) is 20.8 Å². The molecule has 2 atom stereocenters. The maximum Gasteiger partial charge on any atom is 0.225 e. The van der Waals surface area contributed by atoms with Crippen LogP contribution in [-0.4, -0.2) is 25.2 Å². The average Bonchev–Trinajstić information content (AvgIpc) is 2.74. The van der Waals surface area contributed by atoms with Crippen LogP contribution < -0.4 is 5.32 Å². The van der Waals surface area contributed by atoms with E-state index >= 15 is 0 Å². The molecule has 16 heavy (non-hydrogen) atoms. The summed E-state index contributed by atoms with van der Waals surface area (Å²) < 4.78 is 5.47. The standard InChI is InChI=1S/C12H20N2O2/c1-4-10-9(5-6-16-10)11(15)14-8-12(2,3)7-13/h9-10H,4-6,8H2,1-3H3,(H,14,15). The van der Waals surface area contributed by atoms with Gasteiger partial charge < -0.3 is 10.1 Å². The molecule has 1 saturated heterocycles. The minimum Gasteiger partial charge on any atom is -0.377 e. The molecule has 90 valence electrons. The van der Waals surface area contributed by atoms with Crippen LogP contribution in [0, 0.1) is 22.7 Å². The minimum atomic E-state index is -0.503. The Bertz CT molecular complexity index is 294. The molecule has 1 aliphatic rings. The first kappa shape index (κ1) is 13.0. The number of ether oxygens (including phenoxy) is 1. The molecule has 1 N–H and O–H groups in total. The fraction of sp³-hybridized carbons (Fsp3) is 0.833. The highest BCUT2D eigenvalue weighted by molar-refractivity contribution is 5.79. The Morgan fingerprint density at radius 3 is 2.88 bits per heavy atom. The van der Waals surface area contributed by atoms with E-state index in [9.17, 15) is 4.79 Å². The van der Waals surface area contributed by atoms with Gasteiger partial charge in [0, 0.05) is 13.2 Å². The van der Waals surface area contributed by atoms with Gasteiger partial charge in [-0.15, -0.1) is 0 Å². The van der Waals surface area contributed by atoms with Crippen molar-refractivity contribution in [1.82, 2.24) is 5.32 Å². The van der Waals surface area contributed by atoms with Gasteiger partial charge in [0.05, 0.1) is 23.5 Å². The number of nitrogens with one attached hydrogen (secondary N) is 1. The van der Waals surface area contributed by atoms with Crippen LogP contribution in [0.3, 0.4) is 0 Å². The second kappa shape index (κ2) is 5.31. The zero-order chi connectivity index (χ0) is 12.2. The predicted molar refractivity (Wildman–Crippen MR) is 60.5 cm³/mol. The molecule has 0 aromatic heterocycles. The number of nitriles is 1. The molecule has 0 saturated carbocycles. The molecule has 1 fully saturated rings. The third kappa shape index (κ3) is 3.21. The summed E-state index contributed by atoms with van der Waals surface area (Å²) in [5.74, 6) is -0.0211. The average molecular weight is 224 g/mol. The van der Waals surface area contributed by atoms with Crippen molar-refractivity contribution in [3.8, 4) is 6.07 Å². The van der Waals surface area contributed by atoms with E-state index in [0.29, 0.717) is 13.2 Å². The van der Waals surface area contributed by atoms with E-state index in [-0.39, 0.29) is 17.9 Å². The number of rotatable bonds is 4. The first-order valence-corrected chi connectivity index (χ1v) is 5.80. The lowest BCUT2D eigenvalue weighted by Crippen LogP contribution is -2.39. The van der Waals surface area contributed by atoms with Crippen LogP contribution >= 0.6 is 0 Å². The van der Waals surface area contributed by atoms with Gasteiger partial charge in [-0.2, -0.15) is 5.26 Å². The highest BCUT2D eigenvalue weighted by Gasteiger charge is 2.33.